The van der Waals surface area contributed by atoms with Crippen molar-refractivity contribution in [1.29, 1.82) is 0 Å². The summed E-state index contributed by atoms with van der Waals surface area (Å²) in [4.78, 5) is 2.50. The molecule has 1 atom stereocenters. The zero-order valence-corrected chi connectivity index (χ0v) is 17.9. The zero-order valence-electron chi connectivity index (χ0n) is 17.1. The molecule has 1 fully saturated rings. The fourth-order valence-corrected chi connectivity index (χ4v) is 4.82. The molecule has 1 aliphatic heterocycles. The third kappa shape index (κ3) is 4.85. The van der Waals surface area contributed by atoms with Crippen molar-refractivity contribution in [3.63, 3.8) is 0 Å². The summed E-state index contributed by atoms with van der Waals surface area (Å²) >= 11 is 1.78. The number of hydrogen-bond acceptors (Lipinski definition) is 6. The second kappa shape index (κ2) is 9.50. The van der Waals surface area contributed by atoms with Gasteiger partial charge in [-0.15, -0.1) is 10.2 Å². The lowest BCUT2D eigenvalue weighted by atomic mass is 10.0. The summed E-state index contributed by atoms with van der Waals surface area (Å²) in [6.07, 6.45) is 6.84. The maximum Gasteiger partial charge on any atom is 0.191 e. The summed E-state index contributed by atoms with van der Waals surface area (Å²) in [6.45, 7) is 1.83. The molecular weight excluding hydrogens is 384 g/mol. The fourth-order valence-electron chi connectivity index (χ4n) is 3.85. The molecule has 29 heavy (non-hydrogen) atoms. The van der Waals surface area contributed by atoms with Gasteiger partial charge in [0.2, 0.25) is 0 Å². The van der Waals surface area contributed by atoms with Crippen LogP contribution < -0.4 is 4.74 Å². The predicted octanol–water partition coefficient (Wildman–Crippen LogP) is 4.56. The number of piperidine rings is 1. The number of benzene rings is 1. The van der Waals surface area contributed by atoms with E-state index < -0.39 is 0 Å². The molecule has 0 spiro atoms. The van der Waals surface area contributed by atoms with E-state index in [4.69, 9.17) is 9.15 Å². The van der Waals surface area contributed by atoms with Crippen LogP contribution in [0.2, 0.25) is 0 Å². The van der Waals surface area contributed by atoms with E-state index in [-0.39, 0.29) is 0 Å². The van der Waals surface area contributed by atoms with Gasteiger partial charge >= 0.3 is 0 Å². The van der Waals surface area contributed by atoms with Crippen molar-refractivity contribution in [2.24, 2.45) is 0 Å². The van der Waals surface area contributed by atoms with E-state index in [1.165, 1.54) is 32.2 Å². The molecular formula is C22H28N4O2S. The predicted molar refractivity (Wildman–Crippen MR) is 115 cm³/mol. The van der Waals surface area contributed by atoms with Gasteiger partial charge in [-0.3, -0.25) is 4.57 Å². The Balaban J connectivity index is 1.52. The van der Waals surface area contributed by atoms with Gasteiger partial charge in [0.1, 0.15) is 11.5 Å². The highest BCUT2D eigenvalue weighted by Crippen LogP contribution is 2.28. The Morgan fingerprint density at radius 1 is 1.17 bits per heavy atom. The first-order chi connectivity index (χ1) is 14.2. The molecule has 6 nitrogen and oxygen atoms in total. The van der Waals surface area contributed by atoms with Crippen LogP contribution in [0.25, 0.3) is 11.4 Å². The molecule has 0 radical (unpaired) electrons. The molecule has 0 amide bonds. The summed E-state index contributed by atoms with van der Waals surface area (Å²) in [7, 11) is 3.92. The summed E-state index contributed by atoms with van der Waals surface area (Å²) in [5, 5.41) is 9.94. The highest BCUT2D eigenvalue weighted by Gasteiger charge is 2.20. The van der Waals surface area contributed by atoms with E-state index in [0.717, 1.165) is 33.8 Å². The number of furan rings is 1. The van der Waals surface area contributed by atoms with Crippen LogP contribution >= 0.6 is 11.8 Å². The van der Waals surface area contributed by atoms with E-state index in [0.29, 0.717) is 12.6 Å². The Morgan fingerprint density at radius 2 is 2.03 bits per heavy atom. The molecule has 2 aromatic heterocycles. The van der Waals surface area contributed by atoms with Crippen LogP contribution in [0.4, 0.5) is 0 Å². The second-order valence-corrected chi connectivity index (χ2v) is 8.53. The SMILES string of the molecule is COc1ccc(-c2nnc(SCCC3CCCCN3C)n2Cc2ccco2)cc1. The Kier molecular flexibility index (Phi) is 6.56. The molecule has 1 aromatic carbocycles. The minimum atomic E-state index is 0.618. The maximum absolute atomic E-state index is 5.59. The second-order valence-electron chi connectivity index (χ2n) is 7.47. The van der Waals surface area contributed by atoms with Crippen molar-refractivity contribution < 1.29 is 9.15 Å². The van der Waals surface area contributed by atoms with Crippen molar-refractivity contribution in [3.8, 4) is 17.1 Å². The molecule has 0 saturated carbocycles. The quantitative estimate of drug-likeness (QED) is 0.506. The standard InChI is InChI=1S/C22H28N4O2S/c1-25-13-4-3-6-18(25)12-15-29-22-24-23-21(17-8-10-19(27-2)11-9-17)26(22)16-20-7-5-14-28-20/h5,7-11,14,18H,3-4,6,12-13,15-16H2,1-2H3. The van der Waals surface area contributed by atoms with Gasteiger partial charge in [0, 0.05) is 17.4 Å². The van der Waals surface area contributed by atoms with Crippen LogP contribution in [0.5, 0.6) is 5.75 Å². The van der Waals surface area contributed by atoms with E-state index in [1.54, 1.807) is 25.1 Å². The molecule has 0 aliphatic carbocycles. The maximum atomic E-state index is 5.59. The Bertz CT molecular complexity index is 892. The largest absolute Gasteiger partial charge is 0.497 e. The van der Waals surface area contributed by atoms with Crippen LogP contribution in [0.1, 0.15) is 31.4 Å². The first-order valence-electron chi connectivity index (χ1n) is 10.2. The molecule has 7 heteroatoms. The molecule has 3 aromatic rings. The lowest BCUT2D eigenvalue weighted by Gasteiger charge is -2.32. The van der Waals surface area contributed by atoms with E-state index in [2.05, 4.69) is 26.7 Å². The number of nitrogens with zero attached hydrogens (tertiary/aromatic N) is 4. The number of methoxy groups -OCH3 is 1. The highest BCUT2D eigenvalue weighted by molar-refractivity contribution is 7.99. The van der Waals surface area contributed by atoms with Crippen molar-refractivity contribution >= 4 is 11.8 Å². The van der Waals surface area contributed by atoms with Crippen molar-refractivity contribution in [2.75, 3.05) is 26.5 Å². The summed E-state index contributed by atoms with van der Waals surface area (Å²) in [5.74, 6) is 3.61. The third-order valence-electron chi connectivity index (χ3n) is 5.56. The van der Waals surface area contributed by atoms with Gasteiger partial charge in [0.25, 0.3) is 0 Å². The minimum Gasteiger partial charge on any atom is -0.497 e. The van der Waals surface area contributed by atoms with Crippen LogP contribution in [0.15, 0.2) is 52.2 Å². The number of ether oxygens (including phenoxy) is 1. The first kappa shape index (κ1) is 20.0. The average molecular weight is 413 g/mol. The van der Waals surface area contributed by atoms with Gasteiger partial charge in [-0.1, -0.05) is 18.2 Å². The molecule has 154 valence electrons. The summed E-state index contributed by atoms with van der Waals surface area (Å²) in [5.41, 5.74) is 1.02. The Hall–Kier alpha value is -2.25. The summed E-state index contributed by atoms with van der Waals surface area (Å²) in [6, 6.07) is 12.5. The van der Waals surface area contributed by atoms with Gasteiger partial charge in [-0.25, -0.2) is 0 Å². The number of likely N-dealkylation sites (tertiary alicyclic amines) is 1. The van der Waals surface area contributed by atoms with E-state index in [9.17, 15) is 0 Å². The fraction of sp³-hybridized carbons (Fsp3) is 0.455. The number of aromatic nitrogens is 3. The van der Waals surface area contributed by atoms with Gasteiger partial charge < -0.3 is 14.1 Å². The van der Waals surface area contributed by atoms with Crippen molar-refractivity contribution in [3.05, 3.63) is 48.4 Å². The molecule has 1 unspecified atom stereocenters. The number of rotatable bonds is 8. The molecule has 1 saturated heterocycles. The van der Waals surface area contributed by atoms with Gasteiger partial charge in [0.05, 0.1) is 19.9 Å². The van der Waals surface area contributed by atoms with Gasteiger partial charge in [-0.05, 0) is 69.3 Å². The molecule has 4 rings (SSSR count). The average Bonchev–Trinajstić information content (AvgIpc) is 3.40. The van der Waals surface area contributed by atoms with Crippen molar-refractivity contribution in [1.82, 2.24) is 19.7 Å². The molecule has 3 heterocycles. The van der Waals surface area contributed by atoms with E-state index >= 15 is 0 Å². The zero-order chi connectivity index (χ0) is 20.1. The first-order valence-corrected chi connectivity index (χ1v) is 11.2. The molecule has 0 bridgehead atoms. The number of thioether (sulfide) groups is 1. The summed E-state index contributed by atoms with van der Waals surface area (Å²) < 4.78 is 13.0. The normalized spacial score (nSPS) is 17.5. The molecule has 0 N–H and O–H groups in total. The van der Waals surface area contributed by atoms with E-state index in [1.807, 2.05) is 36.4 Å². The van der Waals surface area contributed by atoms with Crippen molar-refractivity contribution in [2.45, 2.75) is 43.4 Å². The van der Waals surface area contributed by atoms with Gasteiger partial charge in [-0.2, -0.15) is 0 Å². The third-order valence-corrected chi connectivity index (χ3v) is 6.56. The lowest BCUT2D eigenvalue weighted by molar-refractivity contribution is 0.182. The van der Waals surface area contributed by atoms with Gasteiger partial charge in [0.15, 0.2) is 11.0 Å². The van der Waals surface area contributed by atoms with Crippen LogP contribution in [-0.2, 0) is 6.54 Å². The van der Waals surface area contributed by atoms with Crippen LogP contribution in [0.3, 0.4) is 0 Å². The van der Waals surface area contributed by atoms with Crippen LogP contribution in [-0.4, -0.2) is 52.2 Å². The Labute approximate surface area is 176 Å². The minimum absolute atomic E-state index is 0.618. The topological polar surface area (TPSA) is 56.3 Å². The number of hydrogen-bond donors (Lipinski definition) is 0. The Morgan fingerprint density at radius 3 is 2.76 bits per heavy atom. The monoisotopic (exact) mass is 412 g/mol. The molecule has 1 aliphatic rings. The smallest absolute Gasteiger partial charge is 0.191 e. The van der Waals surface area contributed by atoms with Crippen LogP contribution in [0, 0.1) is 0 Å². The highest BCUT2D eigenvalue weighted by atomic mass is 32.2. The lowest BCUT2D eigenvalue weighted by Crippen LogP contribution is -2.36.